The highest BCUT2D eigenvalue weighted by Gasteiger charge is 2.12. The molecule has 1 aromatic heterocycles. The molecule has 0 radical (unpaired) electrons. The molecule has 0 unspecified atom stereocenters. The van der Waals surface area contributed by atoms with Gasteiger partial charge in [-0.25, -0.2) is 9.78 Å². The van der Waals surface area contributed by atoms with Crippen LogP contribution in [0.5, 0.6) is 5.75 Å². The van der Waals surface area contributed by atoms with E-state index < -0.39 is 5.97 Å². The van der Waals surface area contributed by atoms with Crippen molar-refractivity contribution in [1.82, 2.24) is 4.98 Å². The van der Waals surface area contributed by atoms with Crippen LogP contribution in [0.2, 0.25) is 0 Å². The molecule has 0 bridgehead atoms. The fraction of sp³-hybridized carbons (Fsp3) is 0.235. The van der Waals surface area contributed by atoms with Crippen molar-refractivity contribution in [2.45, 2.75) is 13.8 Å². The summed E-state index contributed by atoms with van der Waals surface area (Å²) in [5.74, 6) is -0.166. The van der Waals surface area contributed by atoms with Crippen LogP contribution in [0.3, 0.4) is 0 Å². The third kappa shape index (κ3) is 4.66. The summed E-state index contributed by atoms with van der Waals surface area (Å²) in [4.78, 5) is 27.6. The zero-order valence-corrected chi connectivity index (χ0v) is 14.5. The lowest BCUT2D eigenvalue weighted by Gasteiger charge is -2.05. The van der Waals surface area contributed by atoms with Crippen molar-refractivity contribution in [2.75, 3.05) is 19.0 Å². The first-order valence-electron chi connectivity index (χ1n) is 7.29. The summed E-state index contributed by atoms with van der Waals surface area (Å²) in [5, 5.41) is 4.49. The Bertz CT molecular complexity index is 768. The minimum Gasteiger partial charge on any atom is -0.496 e. The molecule has 0 saturated heterocycles. The van der Waals surface area contributed by atoms with Crippen molar-refractivity contribution in [3.8, 4) is 5.75 Å². The molecule has 0 aliphatic heterocycles. The molecular formula is C17H18N2O4S. The molecule has 0 spiro atoms. The number of nitrogens with one attached hydrogen (secondary N) is 1. The molecule has 0 atom stereocenters. The van der Waals surface area contributed by atoms with Gasteiger partial charge in [0.1, 0.15) is 5.75 Å². The number of aromatic nitrogens is 1. The van der Waals surface area contributed by atoms with Gasteiger partial charge in [-0.3, -0.25) is 10.1 Å². The molecule has 6 nitrogen and oxygen atoms in total. The maximum Gasteiger partial charge on any atom is 0.357 e. The first-order chi connectivity index (χ1) is 11.5. The molecular weight excluding hydrogens is 328 g/mol. The number of anilines is 1. The van der Waals surface area contributed by atoms with Gasteiger partial charge in [0.05, 0.1) is 13.7 Å². The van der Waals surface area contributed by atoms with E-state index in [2.05, 4.69) is 10.3 Å². The Labute approximate surface area is 144 Å². The fourth-order valence-corrected chi connectivity index (χ4v) is 2.61. The van der Waals surface area contributed by atoms with Crippen molar-refractivity contribution < 1.29 is 19.1 Å². The van der Waals surface area contributed by atoms with E-state index in [0.717, 1.165) is 22.5 Å². The fourth-order valence-electron chi connectivity index (χ4n) is 1.93. The Kier molecular flexibility index (Phi) is 6.08. The van der Waals surface area contributed by atoms with Gasteiger partial charge in [-0.05, 0) is 32.1 Å². The van der Waals surface area contributed by atoms with Crippen molar-refractivity contribution in [1.29, 1.82) is 0 Å². The number of rotatable bonds is 6. The summed E-state index contributed by atoms with van der Waals surface area (Å²) < 4.78 is 10.1. The largest absolute Gasteiger partial charge is 0.496 e. The van der Waals surface area contributed by atoms with E-state index in [9.17, 15) is 9.59 Å². The third-order valence-corrected chi connectivity index (χ3v) is 3.78. The zero-order chi connectivity index (χ0) is 17.5. The Balaban J connectivity index is 2.03. The zero-order valence-electron chi connectivity index (χ0n) is 13.7. The maximum absolute atomic E-state index is 12.0. The van der Waals surface area contributed by atoms with E-state index >= 15 is 0 Å². The topological polar surface area (TPSA) is 77.5 Å². The number of carbonyl (C=O) groups is 2. The quantitative estimate of drug-likeness (QED) is 0.641. The Morgan fingerprint density at radius 1 is 1.38 bits per heavy atom. The number of hydrogen-bond acceptors (Lipinski definition) is 6. The monoisotopic (exact) mass is 346 g/mol. The summed E-state index contributed by atoms with van der Waals surface area (Å²) in [6, 6.07) is 5.70. The SMILES string of the molecule is CCOC(=O)c1csc(NC(=O)/C=C/c2cc(C)ccc2OC)n1. The minimum atomic E-state index is -0.505. The van der Waals surface area contributed by atoms with Crippen molar-refractivity contribution in [3.63, 3.8) is 0 Å². The summed E-state index contributed by atoms with van der Waals surface area (Å²) in [6.45, 7) is 3.96. The summed E-state index contributed by atoms with van der Waals surface area (Å²) in [7, 11) is 1.58. The Morgan fingerprint density at radius 3 is 2.88 bits per heavy atom. The molecule has 0 aliphatic carbocycles. The smallest absolute Gasteiger partial charge is 0.357 e. The van der Waals surface area contributed by atoms with E-state index in [-0.39, 0.29) is 18.2 Å². The number of aryl methyl sites for hydroxylation is 1. The molecule has 0 aliphatic rings. The number of carbonyl (C=O) groups excluding carboxylic acids is 2. The van der Waals surface area contributed by atoms with Crippen LogP contribution >= 0.6 is 11.3 Å². The lowest BCUT2D eigenvalue weighted by Crippen LogP contribution is -2.09. The molecule has 1 N–H and O–H groups in total. The highest BCUT2D eigenvalue weighted by molar-refractivity contribution is 7.14. The van der Waals surface area contributed by atoms with E-state index in [1.807, 2.05) is 25.1 Å². The lowest BCUT2D eigenvalue weighted by atomic mass is 10.1. The molecule has 1 aromatic carbocycles. The van der Waals surface area contributed by atoms with E-state index in [1.54, 1.807) is 25.5 Å². The number of ether oxygens (including phenoxy) is 2. The second-order valence-corrected chi connectivity index (χ2v) is 5.68. The van der Waals surface area contributed by atoms with Gasteiger partial charge in [-0.15, -0.1) is 11.3 Å². The number of benzene rings is 1. The van der Waals surface area contributed by atoms with Crippen LogP contribution in [0.15, 0.2) is 29.7 Å². The molecule has 0 saturated carbocycles. The molecule has 0 fully saturated rings. The highest BCUT2D eigenvalue weighted by atomic mass is 32.1. The van der Waals surface area contributed by atoms with E-state index in [0.29, 0.717) is 10.9 Å². The van der Waals surface area contributed by atoms with Gasteiger partial charge in [0.25, 0.3) is 0 Å². The highest BCUT2D eigenvalue weighted by Crippen LogP contribution is 2.21. The molecule has 1 heterocycles. The number of hydrogen-bond donors (Lipinski definition) is 1. The van der Waals surface area contributed by atoms with Crippen LogP contribution in [0.4, 0.5) is 5.13 Å². The number of amides is 1. The maximum atomic E-state index is 12.0. The van der Waals surface area contributed by atoms with E-state index in [4.69, 9.17) is 9.47 Å². The average Bonchev–Trinajstić information content (AvgIpc) is 3.02. The van der Waals surface area contributed by atoms with Gasteiger partial charge < -0.3 is 9.47 Å². The number of nitrogens with zero attached hydrogens (tertiary/aromatic N) is 1. The molecule has 7 heteroatoms. The van der Waals surface area contributed by atoms with Crippen LogP contribution in [-0.2, 0) is 9.53 Å². The van der Waals surface area contributed by atoms with Crippen LogP contribution in [0, 0.1) is 6.92 Å². The average molecular weight is 346 g/mol. The Hall–Kier alpha value is -2.67. The predicted octanol–water partition coefficient (Wildman–Crippen LogP) is 3.29. The van der Waals surface area contributed by atoms with Crippen LogP contribution in [0.1, 0.15) is 28.5 Å². The number of esters is 1. The summed E-state index contributed by atoms with van der Waals surface area (Å²) in [6.07, 6.45) is 3.06. The second-order valence-electron chi connectivity index (χ2n) is 4.83. The first kappa shape index (κ1) is 17.7. The van der Waals surface area contributed by atoms with Crippen LogP contribution in [-0.4, -0.2) is 30.6 Å². The van der Waals surface area contributed by atoms with Gasteiger partial charge in [0.2, 0.25) is 5.91 Å². The van der Waals surface area contributed by atoms with Gasteiger partial charge in [0.15, 0.2) is 10.8 Å². The van der Waals surface area contributed by atoms with Crippen molar-refractivity contribution in [3.05, 3.63) is 46.5 Å². The molecule has 1 amide bonds. The van der Waals surface area contributed by atoms with Crippen molar-refractivity contribution in [2.24, 2.45) is 0 Å². The van der Waals surface area contributed by atoms with Gasteiger partial charge in [0, 0.05) is 17.0 Å². The minimum absolute atomic E-state index is 0.182. The van der Waals surface area contributed by atoms with Crippen LogP contribution in [0.25, 0.3) is 6.08 Å². The lowest BCUT2D eigenvalue weighted by molar-refractivity contribution is -0.111. The predicted molar refractivity (Wildman–Crippen MR) is 93.5 cm³/mol. The first-order valence-corrected chi connectivity index (χ1v) is 8.17. The normalized spacial score (nSPS) is 10.6. The standard InChI is InChI=1S/C17H18N2O4S/c1-4-23-16(21)13-10-24-17(18-13)19-15(20)8-6-12-9-11(2)5-7-14(12)22-3/h5-10H,4H2,1-3H3,(H,18,19,20)/b8-6+. The molecule has 126 valence electrons. The second kappa shape index (κ2) is 8.26. The molecule has 24 heavy (non-hydrogen) atoms. The molecule has 2 aromatic rings. The summed E-state index contributed by atoms with van der Waals surface area (Å²) in [5.41, 5.74) is 2.05. The van der Waals surface area contributed by atoms with Crippen LogP contribution < -0.4 is 10.1 Å². The van der Waals surface area contributed by atoms with Gasteiger partial charge in [-0.1, -0.05) is 11.6 Å². The summed E-state index contributed by atoms with van der Waals surface area (Å²) >= 11 is 1.16. The third-order valence-electron chi connectivity index (χ3n) is 3.02. The Morgan fingerprint density at radius 2 is 2.17 bits per heavy atom. The molecule has 2 rings (SSSR count). The van der Waals surface area contributed by atoms with Crippen molar-refractivity contribution >= 4 is 34.4 Å². The van der Waals surface area contributed by atoms with E-state index in [1.165, 1.54) is 6.08 Å². The number of thiazole rings is 1. The van der Waals surface area contributed by atoms with Gasteiger partial charge in [-0.2, -0.15) is 0 Å². The van der Waals surface area contributed by atoms with Gasteiger partial charge >= 0.3 is 5.97 Å². The number of methoxy groups -OCH3 is 1.